The Kier molecular flexibility index (Phi) is 5.35. The fourth-order valence-electron chi connectivity index (χ4n) is 0.957. The van der Waals surface area contributed by atoms with E-state index in [9.17, 15) is 0 Å². The summed E-state index contributed by atoms with van der Waals surface area (Å²) >= 11 is 4.81. The largest absolute Gasteiger partial charge is 0.480 e. The van der Waals surface area contributed by atoms with Crippen LogP contribution in [0.4, 0.5) is 0 Å². The zero-order valence-corrected chi connectivity index (χ0v) is 11.0. The third-order valence-corrected chi connectivity index (χ3v) is 3.31. The van der Waals surface area contributed by atoms with Gasteiger partial charge < -0.3 is 9.84 Å². The second kappa shape index (κ2) is 6.30. The molecule has 1 rings (SSSR count). The normalized spacial score (nSPS) is 12.5. The van der Waals surface area contributed by atoms with Crippen LogP contribution in [0.5, 0.6) is 5.88 Å². The summed E-state index contributed by atoms with van der Waals surface area (Å²) in [5.41, 5.74) is 0. The van der Waals surface area contributed by atoms with Crippen LogP contribution in [0, 0.1) is 0 Å². The van der Waals surface area contributed by atoms with Crippen molar-refractivity contribution in [1.29, 1.82) is 0 Å². The van der Waals surface area contributed by atoms with Crippen molar-refractivity contribution in [3.8, 4) is 5.88 Å². The number of aliphatic hydroxyl groups is 1. The van der Waals surface area contributed by atoms with E-state index in [4.69, 9.17) is 9.84 Å². The molecule has 0 aliphatic heterocycles. The first-order valence-corrected chi connectivity index (χ1v) is 6.18. The highest BCUT2D eigenvalue weighted by atomic mass is 79.9. The molecule has 0 bridgehead atoms. The zero-order valence-electron chi connectivity index (χ0n) is 8.61. The molecular weight excluding hydrogens is 280 g/mol. The number of hydrogen-bond acceptors (Lipinski definition) is 5. The van der Waals surface area contributed by atoms with Crippen molar-refractivity contribution in [2.45, 2.75) is 23.8 Å². The van der Waals surface area contributed by atoms with Crippen LogP contribution in [0.3, 0.4) is 0 Å². The molecular formula is C9H13BrN2O2S. The molecule has 1 unspecified atom stereocenters. The molecule has 0 amide bonds. The quantitative estimate of drug-likeness (QED) is 0.665. The second-order valence-electron chi connectivity index (χ2n) is 2.95. The van der Waals surface area contributed by atoms with Crippen LogP contribution in [0.15, 0.2) is 15.8 Å². The lowest BCUT2D eigenvalue weighted by Gasteiger charge is -2.08. The van der Waals surface area contributed by atoms with Gasteiger partial charge in [-0.05, 0) is 22.4 Å². The first-order valence-electron chi connectivity index (χ1n) is 4.51. The van der Waals surface area contributed by atoms with Crippen molar-refractivity contribution in [2.24, 2.45) is 0 Å². The molecule has 0 saturated heterocycles. The van der Waals surface area contributed by atoms with E-state index in [1.807, 2.05) is 6.92 Å². The minimum absolute atomic E-state index is 0.182. The van der Waals surface area contributed by atoms with E-state index >= 15 is 0 Å². The lowest BCUT2D eigenvalue weighted by atomic mass is 10.4. The van der Waals surface area contributed by atoms with Gasteiger partial charge in [0.25, 0.3) is 0 Å². The number of thioether (sulfide) groups is 1. The maximum Gasteiger partial charge on any atom is 0.231 e. The Morgan fingerprint density at radius 1 is 1.67 bits per heavy atom. The molecule has 0 spiro atoms. The van der Waals surface area contributed by atoms with Crippen molar-refractivity contribution in [3.63, 3.8) is 0 Å². The van der Waals surface area contributed by atoms with E-state index in [0.717, 1.165) is 10.9 Å². The Labute approximate surface area is 102 Å². The standard InChI is InChI=1S/C9H13BrN2O2S/c1-6(3-4-13)15-9-11-5-7(10)8(12-9)14-2/h5-6,13H,3-4H2,1-2H3. The van der Waals surface area contributed by atoms with E-state index in [2.05, 4.69) is 25.9 Å². The highest BCUT2D eigenvalue weighted by Crippen LogP contribution is 2.27. The van der Waals surface area contributed by atoms with Crippen molar-refractivity contribution in [1.82, 2.24) is 9.97 Å². The van der Waals surface area contributed by atoms with Crippen LogP contribution in [0.25, 0.3) is 0 Å². The molecule has 0 saturated carbocycles. The number of halogens is 1. The number of methoxy groups -OCH3 is 1. The van der Waals surface area contributed by atoms with Gasteiger partial charge >= 0.3 is 0 Å². The molecule has 0 fully saturated rings. The number of aromatic nitrogens is 2. The predicted molar refractivity (Wildman–Crippen MR) is 63.3 cm³/mol. The number of ether oxygens (including phenoxy) is 1. The van der Waals surface area contributed by atoms with E-state index in [1.54, 1.807) is 13.3 Å². The Bertz CT molecular complexity index is 325. The Morgan fingerprint density at radius 3 is 3.00 bits per heavy atom. The maximum atomic E-state index is 8.77. The third-order valence-electron chi connectivity index (χ3n) is 1.73. The SMILES string of the molecule is COc1nc(SC(C)CCO)ncc1Br. The topological polar surface area (TPSA) is 55.2 Å². The summed E-state index contributed by atoms with van der Waals surface area (Å²) in [7, 11) is 1.57. The molecule has 0 aliphatic carbocycles. The fourth-order valence-corrected chi connectivity index (χ4v) is 2.14. The zero-order chi connectivity index (χ0) is 11.3. The van der Waals surface area contributed by atoms with Crippen LogP contribution < -0.4 is 4.74 Å². The molecule has 0 aromatic carbocycles. The summed E-state index contributed by atoms with van der Waals surface area (Å²) in [6, 6.07) is 0. The van der Waals surface area contributed by atoms with E-state index < -0.39 is 0 Å². The third kappa shape index (κ3) is 3.96. The summed E-state index contributed by atoms with van der Waals surface area (Å²) in [5.74, 6) is 0.531. The van der Waals surface area contributed by atoms with Crippen LogP contribution in [0.2, 0.25) is 0 Å². The van der Waals surface area contributed by atoms with Gasteiger partial charge in [0, 0.05) is 18.1 Å². The van der Waals surface area contributed by atoms with Gasteiger partial charge in [-0.3, -0.25) is 0 Å². The Balaban J connectivity index is 2.69. The van der Waals surface area contributed by atoms with E-state index in [0.29, 0.717) is 16.3 Å². The highest BCUT2D eigenvalue weighted by molar-refractivity contribution is 9.10. The molecule has 1 atom stereocenters. The molecule has 84 valence electrons. The van der Waals surface area contributed by atoms with Crippen molar-refractivity contribution < 1.29 is 9.84 Å². The first-order chi connectivity index (χ1) is 7.17. The van der Waals surface area contributed by atoms with Crippen LogP contribution in [-0.4, -0.2) is 34.0 Å². The second-order valence-corrected chi connectivity index (χ2v) is 5.21. The summed E-state index contributed by atoms with van der Waals surface area (Å²) in [4.78, 5) is 8.37. The average Bonchev–Trinajstić information content (AvgIpc) is 2.21. The van der Waals surface area contributed by atoms with Crippen LogP contribution >= 0.6 is 27.7 Å². The molecule has 1 aromatic rings. The maximum absolute atomic E-state index is 8.77. The number of aliphatic hydroxyl groups excluding tert-OH is 1. The molecule has 1 heterocycles. The van der Waals surface area contributed by atoms with Gasteiger partial charge in [-0.15, -0.1) is 0 Å². The predicted octanol–water partition coefficient (Wildman–Crippen LogP) is 2.11. The van der Waals surface area contributed by atoms with Crippen LogP contribution in [-0.2, 0) is 0 Å². The van der Waals surface area contributed by atoms with Gasteiger partial charge in [-0.2, -0.15) is 4.98 Å². The lowest BCUT2D eigenvalue weighted by Crippen LogP contribution is -2.01. The number of nitrogens with zero attached hydrogens (tertiary/aromatic N) is 2. The molecule has 4 nitrogen and oxygen atoms in total. The van der Waals surface area contributed by atoms with Gasteiger partial charge in [0.1, 0.15) is 0 Å². The summed E-state index contributed by atoms with van der Waals surface area (Å²) < 4.78 is 5.81. The average molecular weight is 293 g/mol. The highest BCUT2D eigenvalue weighted by Gasteiger charge is 2.09. The fraction of sp³-hybridized carbons (Fsp3) is 0.556. The molecule has 15 heavy (non-hydrogen) atoms. The minimum atomic E-state index is 0.182. The molecule has 1 aromatic heterocycles. The first kappa shape index (κ1) is 12.7. The van der Waals surface area contributed by atoms with Gasteiger partial charge in [-0.25, -0.2) is 4.98 Å². The van der Waals surface area contributed by atoms with Gasteiger partial charge in [0.15, 0.2) is 5.16 Å². The van der Waals surface area contributed by atoms with Crippen molar-refractivity contribution in [3.05, 3.63) is 10.7 Å². The number of hydrogen-bond donors (Lipinski definition) is 1. The van der Waals surface area contributed by atoms with Gasteiger partial charge in [-0.1, -0.05) is 18.7 Å². The van der Waals surface area contributed by atoms with E-state index in [1.165, 1.54) is 11.8 Å². The molecule has 0 aliphatic rings. The Hall–Kier alpha value is -0.330. The van der Waals surface area contributed by atoms with Gasteiger partial charge in [0.05, 0.1) is 11.6 Å². The summed E-state index contributed by atoms with van der Waals surface area (Å²) in [5, 5.41) is 9.73. The number of rotatable bonds is 5. The molecule has 0 radical (unpaired) electrons. The van der Waals surface area contributed by atoms with Gasteiger partial charge in [0.2, 0.25) is 5.88 Å². The monoisotopic (exact) mass is 292 g/mol. The molecule has 1 N–H and O–H groups in total. The minimum Gasteiger partial charge on any atom is -0.480 e. The van der Waals surface area contributed by atoms with Crippen molar-refractivity contribution >= 4 is 27.7 Å². The smallest absolute Gasteiger partial charge is 0.231 e. The lowest BCUT2D eigenvalue weighted by molar-refractivity contribution is 0.289. The van der Waals surface area contributed by atoms with Crippen LogP contribution in [0.1, 0.15) is 13.3 Å². The van der Waals surface area contributed by atoms with Crippen molar-refractivity contribution in [2.75, 3.05) is 13.7 Å². The Morgan fingerprint density at radius 2 is 2.40 bits per heavy atom. The summed E-state index contributed by atoms with van der Waals surface area (Å²) in [6.07, 6.45) is 2.40. The molecule has 6 heteroatoms. The summed E-state index contributed by atoms with van der Waals surface area (Å²) in [6.45, 7) is 2.21. The van der Waals surface area contributed by atoms with E-state index in [-0.39, 0.29) is 6.61 Å².